The highest BCUT2D eigenvalue weighted by molar-refractivity contribution is 5.84. The first-order valence-electron chi connectivity index (χ1n) is 7.03. The number of nitrogens with two attached hydrogens (primary N) is 1. The number of aromatic hydroxyl groups is 1. The summed E-state index contributed by atoms with van der Waals surface area (Å²) in [5.74, 6) is -1.20. The maximum atomic E-state index is 11.8. The highest BCUT2D eigenvalue weighted by atomic mass is 16.6. The van der Waals surface area contributed by atoms with Gasteiger partial charge in [0, 0.05) is 12.5 Å². The molecule has 0 fully saturated rings. The number of benzene rings is 1. The van der Waals surface area contributed by atoms with Gasteiger partial charge in [-0.25, -0.2) is 4.79 Å². The summed E-state index contributed by atoms with van der Waals surface area (Å²) in [7, 11) is 0. The van der Waals surface area contributed by atoms with Crippen molar-refractivity contribution in [2.45, 2.75) is 19.1 Å². The second-order valence-corrected chi connectivity index (χ2v) is 4.96. The highest BCUT2D eigenvalue weighted by Crippen LogP contribution is 2.06. The van der Waals surface area contributed by atoms with E-state index in [9.17, 15) is 14.4 Å². The van der Waals surface area contributed by atoms with E-state index in [2.05, 4.69) is 5.32 Å². The zero-order valence-electron chi connectivity index (χ0n) is 12.6. The maximum Gasteiger partial charge on any atom is 0.408 e. The van der Waals surface area contributed by atoms with Crippen LogP contribution in [0.3, 0.4) is 0 Å². The number of hydrogen-bond acceptors (Lipinski definition) is 6. The van der Waals surface area contributed by atoms with E-state index in [1.54, 1.807) is 24.3 Å². The van der Waals surface area contributed by atoms with Gasteiger partial charge < -0.3 is 25.3 Å². The lowest BCUT2D eigenvalue weighted by atomic mass is 10.1. The van der Waals surface area contributed by atoms with E-state index in [0.29, 0.717) is 0 Å². The number of amides is 2. The van der Waals surface area contributed by atoms with E-state index in [1.165, 1.54) is 0 Å². The molecule has 0 aliphatic rings. The summed E-state index contributed by atoms with van der Waals surface area (Å²) in [4.78, 5) is 34.5. The van der Waals surface area contributed by atoms with Crippen molar-refractivity contribution in [3.05, 3.63) is 64.2 Å². The average Bonchev–Trinajstić information content (AvgIpc) is 2.56. The summed E-state index contributed by atoms with van der Waals surface area (Å²) < 4.78 is 9.76. The van der Waals surface area contributed by atoms with Crippen LogP contribution in [0.25, 0.3) is 0 Å². The van der Waals surface area contributed by atoms with Crippen LogP contribution in [0.15, 0.2) is 51.9 Å². The molecule has 8 nitrogen and oxygen atoms in total. The molecule has 0 spiro atoms. The first kappa shape index (κ1) is 17.1. The van der Waals surface area contributed by atoms with E-state index in [-0.39, 0.29) is 18.8 Å². The van der Waals surface area contributed by atoms with E-state index in [4.69, 9.17) is 20.0 Å². The molecule has 126 valence electrons. The smallest absolute Gasteiger partial charge is 0.408 e. The molecule has 1 aromatic carbocycles. The standard InChI is InChI=1S/C16H16N2O6/c17-15(21)12(6-10-4-2-1-3-5-10)18-16(22)24-8-11-7-13(19)14(20)9-23-11/h1-5,7,9,12,20H,6,8H2,(H2,17,21)(H,18,22). The lowest BCUT2D eigenvalue weighted by molar-refractivity contribution is -0.119. The zero-order chi connectivity index (χ0) is 17.5. The molecule has 8 heteroatoms. The second-order valence-electron chi connectivity index (χ2n) is 4.96. The van der Waals surface area contributed by atoms with Gasteiger partial charge in [0.1, 0.15) is 18.1 Å². The molecule has 0 aliphatic carbocycles. The topological polar surface area (TPSA) is 132 Å². The predicted octanol–water partition coefficient (Wildman–Crippen LogP) is 0.668. The predicted molar refractivity (Wildman–Crippen MR) is 83.1 cm³/mol. The molecule has 1 aromatic heterocycles. The van der Waals surface area contributed by atoms with Gasteiger partial charge in [-0.2, -0.15) is 0 Å². The lowest BCUT2D eigenvalue weighted by Gasteiger charge is -2.15. The Morgan fingerprint density at radius 1 is 1.29 bits per heavy atom. The van der Waals surface area contributed by atoms with Gasteiger partial charge >= 0.3 is 6.09 Å². The summed E-state index contributed by atoms with van der Waals surface area (Å²) >= 11 is 0. The Balaban J connectivity index is 1.92. The van der Waals surface area contributed by atoms with Gasteiger partial charge in [0.05, 0.1) is 0 Å². The van der Waals surface area contributed by atoms with Gasteiger partial charge in [0.2, 0.25) is 11.3 Å². The van der Waals surface area contributed by atoms with Crippen molar-refractivity contribution < 1.29 is 23.8 Å². The molecule has 1 atom stereocenters. The summed E-state index contributed by atoms with van der Waals surface area (Å²) in [6.07, 6.45) is 0.186. The Morgan fingerprint density at radius 3 is 2.62 bits per heavy atom. The molecule has 2 amide bonds. The van der Waals surface area contributed by atoms with Crippen LogP contribution in [-0.2, 0) is 22.6 Å². The van der Waals surface area contributed by atoms with E-state index < -0.39 is 29.2 Å². The summed E-state index contributed by atoms with van der Waals surface area (Å²) in [6, 6.07) is 9.10. The Labute approximate surface area is 136 Å². The van der Waals surface area contributed by atoms with Crippen LogP contribution in [0.1, 0.15) is 11.3 Å². The van der Waals surface area contributed by atoms with Gasteiger partial charge in [-0.1, -0.05) is 30.3 Å². The van der Waals surface area contributed by atoms with Gasteiger partial charge in [-0.05, 0) is 5.56 Å². The van der Waals surface area contributed by atoms with Crippen LogP contribution >= 0.6 is 0 Å². The SMILES string of the molecule is NC(=O)C(Cc1ccccc1)NC(=O)OCc1cc(=O)c(O)co1. The van der Waals surface area contributed by atoms with E-state index in [1.807, 2.05) is 6.07 Å². The van der Waals surface area contributed by atoms with Crippen molar-refractivity contribution in [2.24, 2.45) is 5.73 Å². The minimum atomic E-state index is -0.938. The zero-order valence-corrected chi connectivity index (χ0v) is 12.6. The van der Waals surface area contributed by atoms with Gasteiger partial charge in [0.15, 0.2) is 12.4 Å². The number of carbonyl (C=O) groups excluding carboxylic acids is 2. The number of rotatable bonds is 6. The Bertz CT molecular complexity index is 772. The van der Waals surface area contributed by atoms with Crippen LogP contribution in [0, 0.1) is 0 Å². The molecule has 0 radical (unpaired) electrons. The molecular weight excluding hydrogens is 316 g/mol. The first-order chi connectivity index (χ1) is 11.5. The lowest BCUT2D eigenvalue weighted by Crippen LogP contribution is -2.46. The largest absolute Gasteiger partial charge is 0.502 e. The Hall–Kier alpha value is -3.29. The van der Waals surface area contributed by atoms with Gasteiger partial charge in [-0.15, -0.1) is 0 Å². The fraction of sp³-hybridized carbons (Fsp3) is 0.188. The monoisotopic (exact) mass is 332 g/mol. The molecule has 1 heterocycles. The number of carbonyl (C=O) groups is 2. The van der Waals surface area contributed by atoms with Crippen molar-refractivity contribution in [1.82, 2.24) is 5.32 Å². The van der Waals surface area contributed by atoms with Gasteiger partial charge in [0.25, 0.3) is 0 Å². The van der Waals surface area contributed by atoms with Crippen molar-refractivity contribution in [1.29, 1.82) is 0 Å². The number of nitrogens with one attached hydrogen (secondary N) is 1. The van der Waals surface area contributed by atoms with Crippen molar-refractivity contribution in [3.63, 3.8) is 0 Å². The number of primary amides is 1. The minimum absolute atomic E-state index is 0.0478. The molecule has 24 heavy (non-hydrogen) atoms. The van der Waals surface area contributed by atoms with Gasteiger partial charge in [-0.3, -0.25) is 9.59 Å². The molecule has 0 saturated carbocycles. The van der Waals surface area contributed by atoms with Crippen LogP contribution in [0.2, 0.25) is 0 Å². The first-order valence-corrected chi connectivity index (χ1v) is 7.03. The fourth-order valence-electron chi connectivity index (χ4n) is 1.91. The molecular formula is C16H16N2O6. The number of ether oxygens (including phenoxy) is 1. The van der Waals surface area contributed by atoms with E-state index in [0.717, 1.165) is 17.9 Å². The molecule has 0 saturated heterocycles. The number of alkyl carbamates (subject to hydrolysis) is 1. The molecule has 2 aromatic rings. The molecule has 4 N–H and O–H groups in total. The normalized spacial score (nSPS) is 11.5. The van der Waals surface area contributed by atoms with Crippen molar-refractivity contribution in [3.8, 4) is 5.75 Å². The van der Waals surface area contributed by atoms with E-state index >= 15 is 0 Å². The van der Waals surface area contributed by atoms with Crippen molar-refractivity contribution in [2.75, 3.05) is 0 Å². The Morgan fingerprint density at radius 2 is 2.00 bits per heavy atom. The number of hydrogen-bond donors (Lipinski definition) is 3. The van der Waals surface area contributed by atoms with Crippen LogP contribution in [0.5, 0.6) is 5.75 Å². The Kier molecular flexibility index (Phi) is 5.56. The quantitative estimate of drug-likeness (QED) is 0.712. The third-order valence-corrected chi connectivity index (χ3v) is 3.13. The third kappa shape index (κ3) is 4.87. The van der Waals surface area contributed by atoms with Crippen molar-refractivity contribution >= 4 is 12.0 Å². The summed E-state index contributed by atoms with van der Waals surface area (Å²) in [5, 5.41) is 11.4. The summed E-state index contributed by atoms with van der Waals surface area (Å²) in [6.45, 7) is -0.335. The minimum Gasteiger partial charge on any atom is -0.502 e. The van der Waals surface area contributed by atoms with Crippen LogP contribution in [0.4, 0.5) is 4.79 Å². The summed E-state index contributed by atoms with van der Waals surface area (Å²) in [5.41, 5.74) is 5.45. The van der Waals surface area contributed by atoms with Crippen LogP contribution < -0.4 is 16.5 Å². The highest BCUT2D eigenvalue weighted by Gasteiger charge is 2.19. The average molecular weight is 332 g/mol. The maximum absolute atomic E-state index is 11.8. The molecule has 0 aliphatic heterocycles. The third-order valence-electron chi connectivity index (χ3n) is 3.13. The molecule has 2 rings (SSSR count). The molecule has 0 bridgehead atoms. The fourth-order valence-corrected chi connectivity index (χ4v) is 1.91. The van der Waals surface area contributed by atoms with Crippen LogP contribution in [-0.4, -0.2) is 23.1 Å². The second kappa shape index (κ2) is 7.82. The molecule has 1 unspecified atom stereocenters.